The van der Waals surface area contributed by atoms with Crippen molar-refractivity contribution >= 4 is 17.0 Å². The molecule has 0 spiro atoms. The largest absolute Gasteiger partial charge is 0.487 e. The minimum Gasteiger partial charge on any atom is -0.487 e. The number of carboxylic acids is 1. The van der Waals surface area contributed by atoms with Gasteiger partial charge in [0.05, 0.1) is 41.9 Å². The van der Waals surface area contributed by atoms with Crippen LogP contribution in [-0.2, 0) is 31.0 Å². The molecule has 49 heavy (non-hydrogen) atoms. The Morgan fingerprint density at radius 1 is 0.980 bits per heavy atom. The summed E-state index contributed by atoms with van der Waals surface area (Å²) in [5.41, 5.74) is 4.07. The van der Waals surface area contributed by atoms with Gasteiger partial charge in [0.2, 0.25) is 5.88 Å². The number of pyridine rings is 1. The maximum Gasteiger partial charge on any atom is 0.335 e. The number of imidazole rings is 1. The first kappa shape index (κ1) is 32.2. The van der Waals surface area contributed by atoms with Gasteiger partial charge in [-0.2, -0.15) is 5.26 Å². The zero-order valence-electron chi connectivity index (χ0n) is 26.9. The Bertz CT molecular complexity index is 2000. The number of aromatic nitrogens is 3. The van der Waals surface area contributed by atoms with Crippen LogP contribution in [0.25, 0.3) is 11.0 Å². The van der Waals surface area contributed by atoms with E-state index in [4.69, 9.17) is 29.4 Å². The number of hydrogen-bond acceptors (Lipinski definition) is 8. The minimum atomic E-state index is -1.02. The molecule has 5 aromatic rings. The third-order valence-electron chi connectivity index (χ3n) is 9.24. The third-order valence-corrected chi connectivity index (χ3v) is 9.24. The third kappa shape index (κ3) is 7.41. The molecule has 0 unspecified atom stereocenters. The van der Waals surface area contributed by atoms with E-state index in [2.05, 4.69) is 9.47 Å². The van der Waals surface area contributed by atoms with Crippen LogP contribution < -0.4 is 9.47 Å². The summed E-state index contributed by atoms with van der Waals surface area (Å²) < 4.78 is 34.3. The van der Waals surface area contributed by atoms with Crippen molar-refractivity contribution in [1.29, 1.82) is 5.26 Å². The van der Waals surface area contributed by atoms with Crippen molar-refractivity contribution in [3.05, 3.63) is 118 Å². The van der Waals surface area contributed by atoms with Gasteiger partial charge in [0.15, 0.2) is 0 Å². The smallest absolute Gasteiger partial charge is 0.335 e. The van der Waals surface area contributed by atoms with Crippen LogP contribution in [0, 0.1) is 17.1 Å². The van der Waals surface area contributed by atoms with E-state index in [1.807, 2.05) is 48.5 Å². The Hall–Kier alpha value is -5.31. The highest BCUT2D eigenvalue weighted by molar-refractivity contribution is 5.95. The van der Waals surface area contributed by atoms with Crippen LogP contribution in [0.2, 0.25) is 0 Å². The van der Waals surface area contributed by atoms with Crippen LogP contribution in [0.1, 0.15) is 63.7 Å². The summed E-state index contributed by atoms with van der Waals surface area (Å²) >= 11 is 0. The molecule has 250 valence electrons. The van der Waals surface area contributed by atoms with Gasteiger partial charge < -0.3 is 23.9 Å². The number of benzene rings is 3. The summed E-state index contributed by atoms with van der Waals surface area (Å²) in [6.07, 6.45) is 2.78. The number of aromatic carboxylic acids is 1. The van der Waals surface area contributed by atoms with Crippen molar-refractivity contribution in [2.75, 3.05) is 19.7 Å². The molecule has 0 radical (unpaired) electrons. The molecule has 2 aliphatic heterocycles. The number of likely N-dealkylation sites (tertiary alicyclic amines) is 1. The number of carbonyl (C=O) groups is 1. The maximum absolute atomic E-state index is 14.3. The molecule has 11 heteroatoms. The number of carboxylic acid groups (broad SMARTS) is 1. The summed E-state index contributed by atoms with van der Waals surface area (Å²) in [6, 6.07) is 25.0. The van der Waals surface area contributed by atoms with Crippen LogP contribution in [-0.4, -0.2) is 56.3 Å². The highest BCUT2D eigenvalue weighted by Gasteiger charge is 2.27. The lowest BCUT2D eigenvalue weighted by molar-refractivity contribution is -0.0592. The highest BCUT2D eigenvalue weighted by Crippen LogP contribution is 2.33. The highest BCUT2D eigenvalue weighted by atomic mass is 19.1. The van der Waals surface area contributed by atoms with Gasteiger partial charge in [0.25, 0.3) is 0 Å². The quantitative estimate of drug-likeness (QED) is 0.160. The molecule has 7 rings (SSSR count). The number of nitriles is 1. The van der Waals surface area contributed by atoms with E-state index in [1.54, 1.807) is 30.3 Å². The summed E-state index contributed by atoms with van der Waals surface area (Å²) in [7, 11) is 0. The van der Waals surface area contributed by atoms with Crippen LogP contribution in [0.15, 0.2) is 78.9 Å². The number of fused-ring (bicyclic) bond motifs is 1. The van der Waals surface area contributed by atoms with Crippen molar-refractivity contribution in [2.45, 2.75) is 57.6 Å². The SMILES string of the molecule is N#Cc1ccc(COc2cccc(C3CCN(Cc4nc5c(OCc6ccccc6)cc(C(=O)O)cc5n4C[C@@H]4CCO4)CC3)n2)c(F)c1. The molecule has 0 amide bonds. The number of hydrogen-bond donors (Lipinski definition) is 1. The molecule has 2 aliphatic rings. The standard InChI is InChI=1S/C38H36FN5O5/c39-31-17-26(20-40)9-10-28(31)24-49-36-8-4-7-32(41-36)27-11-14-43(15-12-27)22-35-42-37-33(44(35)21-30-13-16-47-30)18-29(38(45)46)19-34(37)48-23-25-5-2-1-3-6-25/h1-10,17-19,27,30H,11-16,21-24H2,(H,45,46)/t30-/m0/s1. The fraction of sp³-hybridized carbons (Fsp3) is 0.316. The second-order valence-corrected chi connectivity index (χ2v) is 12.5. The van der Waals surface area contributed by atoms with Crippen molar-refractivity contribution in [3.63, 3.8) is 0 Å². The Labute approximate surface area is 283 Å². The maximum atomic E-state index is 14.3. The Morgan fingerprint density at radius 3 is 2.51 bits per heavy atom. The number of piperidine rings is 1. The van der Waals surface area contributed by atoms with Crippen molar-refractivity contribution in [3.8, 4) is 17.7 Å². The number of nitrogens with zero attached hydrogens (tertiary/aromatic N) is 5. The molecule has 0 bridgehead atoms. The first-order valence-electron chi connectivity index (χ1n) is 16.5. The fourth-order valence-electron chi connectivity index (χ4n) is 6.38. The second-order valence-electron chi connectivity index (χ2n) is 12.5. The Kier molecular flexibility index (Phi) is 9.50. The first-order chi connectivity index (χ1) is 23.9. The van der Waals surface area contributed by atoms with E-state index < -0.39 is 11.8 Å². The minimum absolute atomic E-state index is 0.0201. The summed E-state index contributed by atoms with van der Waals surface area (Å²) in [4.78, 5) is 24.3. The average Bonchev–Trinajstić information content (AvgIpc) is 3.45. The normalized spacial score (nSPS) is 16.6. The first-order valence-corrected chi connectivity index (χ1v) is 16.5. The van der Waals surface area contributed by atoms with Gasteiger partial charge in [-0.3, -0.25) is 4.90 Å². The number of halogens is 1. The van der Waals surface area contributed by atoms with Crippen molar-refractivity contribution < 1.29 is 28.5 Å². The molecule has 3 aromatic carbocycles. The van der Waals surface area contributed by atoms with Crippen LogP contribution >= 0.6 is 0 Å². The van der Waals surface area contributed by atoms with Gasteiger partial charge in [-0.1, -0.05) is 42.5 Å². The predicted octanol–water partition coefficient (Wildman–Crippen LogP) is 6.47. The molecule has 2 saturated heterocycles. The lowest BCUT2D eigenvalue weighted by atomic mass is 9.93. The number of ether oxygens (including phenoxy) is 3. The van der Waals surface area contributed by atoms with E-state index in [-0.39, 0.29) is 29.8 Å². The van der Waals surface area contributed by atoms with Gasteiger partial charge in [-0.25, -0.2) is 19.2 Å². The zero-order valence-corrected chi connectivity index (χ0v) is 26.9. The topological polar surface area (TPSA) is 123 Å². The lowest BCUT2D eigenvalue weighted by Gasteiger charge is -2.32. The van der Waals surface area contributed by atoms with Gasteiger partial charge in [-0.05, 0) is 68.2 Å². The van der Waals surface area contributed by atoms with E-state index >= 15 is 0 Å². The fourth-order valence-corrected chi connectivity index (χ4v) is 6.38. The van der Waals surface area contributed by atoms with E-state index in [1.165, 1.54) is 6.07 Å². The Morgan fingerprint density at radius 2 is 1.80 bits per heavy atom. The molecular formula is C38H36FN5O5. The average molecular weight is 662 g/mol. The molecule has 2 aromatic heterocycles. The summed E-state index contributed by atoms with van der Waals surface area (Å²) in [5, 5.41) is 18.9. The summed E-state index contributed by atoms with van der Waals surface area (Å²) in [6.45, 7) is 3.88. The predicted molar refractivity (Wildman–Crippen MR) is 179 cm³/mol. The van der Waals surface area contributed by atoms with E-state index in [0.717, 1.165) is 61.6 Å². The summed E-state index contributed by atoms with van der Waals surface area (Å²) in [5.74, 6) is 0.467. The molecule has 10 nitrogen and oxygen atoms in total. The van der Waals surface area contributed by atoms with E-state index in [9.17, 15) is 14.3 Å². The van der Waals surface area contributed by atoms with Crippen molar-refractivity contribution in [1.82, 2.24) is 19.4 Å². The second kappa shape index (κ2) is 14.4. The molecule has 1 atom stereocenters. The molecule has 1 N–H and O–H groups in total. The molecule has 0 aliphatic carbocycles. The number of rotatable bonds is 12. The van der Waals surface area contributed by atoms with Gasteiger partial charge >= 0.3 is 5.97 Å². The molecular weight excluding hydrogens is 625 g/mol. The lowest BCUT2D eigenvalue weighted by Crippen LogP contribution is -2.35. The van der Waals surface area contributed by atoms with Crippen molar-refractivity contribution in [2.24, 2.45) is 0 Å². The van der Waals surface area contributed by atoms with Crippen LogP contribution in [0.4, 0.5) is 4.39 Å². The molecule has 4 heterocycles. The van der Waals surface area contributed by atoms with Gasteiger partial charge in [0, 0.05) is 29.8 Å². The molecule has 2 fully saturated rings. The Balaban J connectivity index is 1.06. The monoisotopic (exact) mass is 661 g/mol. The van der Waals surface area contributed by atoms with Crippen LogP contribution in [0.3, 0.4) is 0 Å². The van der Waals surface area contributed by atoms with E-state index in [0.29, 0.717) is 42.4 Å². The van der Waals surface area contributed by atoms with Crippen LogP contribution in [0.5, 0.6) is 11.6 Å². The van der Waals surface area contributed by atoms with Gasteiger partial charge in [0.1, 0.15) is 36.1 Å². The van der Waals surface area contributed by atoms with Gasteiger partial charge in [-0.15, -0.1) is 0 Å². The zero-order chi connectivity index (χ0) is 33.7. The molecule has 0 saturated carbocycles.